The minimum absolute atomic E-state index is 0.00661. The molecule has 0 unspecified atom stereocenters. The average molecular weight is 670 g/mol. The van der Waals surface area contributed by atoms with E-state index >= 15 is 0 Å². The molecule has 2 N–H and O–H groups in total. The van der Waals surface area contributed by atoms with E-state index in [9.17, 15) is 14.4 Å². The molecule has 6 rings (SSSR count). The number of fused-ring (bicyclic) bond motifs is 2. The van der Waals surface area contributed by atoms with Crippen molar-refractivity contribution in [2.24, 2.45) is 0 Å². The number of nitrogens with one attached hydrogen (secondary N) is 2. The van der Waals surface area contributed by atoms with Crippen LogP contribution in [-0.2, 0) is 22.4 Å². The van der Waals surface area contributed by atoms with Gasteiger partial charge >= 0.3 is 0 Å². The van der Waals surface area contributed by atoms with E-state index < -0.39 is 11.8 Å². The zero-order valence-corrected chi connectivity index (χ0v) is 28.0. The van der Waals surface area contributed by atoms with Gasteiger partial charge in [0.2, 0.25) is 5.91 Å². The Labute approximate surface area is 289 Å². The highest BCUT2D eigenvalue weighted by atomic mass is 32.2. The minimum atomic E-state index is -0.537. The fourth-order valence-corrected chi connectivity index (χ4v) is 6.55. The summed E-state index contributed by atoms with van der Waals surface area (Å²) in [7, 11) is 3.04. The van der Waals surface area contributed by atoms with Crippen LogP contribution in [0, 0.1) is 0 Å². The van der Waals surface area contributed by atoms with Crippen molar-refractivity contribution in [2.75, 3.05) is 30.2 Å². The van der Waals surface area contributed by atoms with Crippen LogP contribution >= 0.6 is 11.8 Å². The molecule has 1 aliphatic heterocycles. The van der Waals surface area contributed by atoms with Crippen molar-refractivity contribution in [1.82, 2.24) is 5.32 Å². The molecule has 0 spiro atoms. The first-order valence-corrected chi connectivity index (χ1v) is 16.8. The Balaban J connectivity index is 1.22. The normalized spacial score (nSPS) is 12.2. The summed E-state index contributed by atoms with van der Waals surface area (Å²) in [6.45, 7) is 0. The third kappa shape index (κ3) is 7.69. The van der Waals surface area contributed by atoms with Crippen molar-refractivity contribution in [3.8, 4) is 11.5 Å². The number of benzene rings is 5. The number of carbonyl (C=O) groups is 3. The number of anilines is 3. The van der Waals surface area contributed by atoms with E-state index in [1.165, 1.54) is 26.0 Å². The second-order valence-electron chi connectivity index (χ2n) is 11.2. The van der Waals surface area contributed by atoms with Gasteiger partial charge in [0, 0.05) is 21.7 Å². The molecular weight excluding hydrogens is 635 g/mol. The van der Waals surface area contributed by atoms with Crippen LogP contribution in [0.25, 0.3) is 6.08 Å². The maximum absolute atomic E-state index is 13.9. The fraction of sp³-hybridized carbons (Fsp3) is 0.125. The van der Waals surface area contributed by atoms with Gasteiger partial charge < -0.3 is 20.1 Å². The maximum Gasteiger partial charge on any atom is 0.272 e. The van der Waals surface area contributed by atoms with E-state index in [1.807, 2.05) is 65.6 Å². The lowest BCUT2D eigenvalue weighted by Crippen LogP contribution is -2.30. The van der Waals surface area contributed by atoms with E-state index in [0.717, 1.165) is 40.2 Å². The Kier molecular flexibility index (Phi) is 10.4. The highest BCUT2D eigenvalue weighted by Gasteiger charge is 2.25. The Bertz CT molecular complexity index is 1980. The van der Waals surface area contributed by atoms with Crippen LogP contribution in [0.5, 0.6) is 11.5 Å². The molecule has 0 atom stereocenters. The summed E-state index contributed by atoms with van der Waals surface area (Å²) < 4.78 is 11.0. The van der Waals surface area contributed by atoms with Gasteiger partial charge in [-0.2, -0.15) is 0 Å². The first kappa shape index (κ1) is 33.1. The number of thioether (sulfide) groups is 1. The minimum Gasteiger partial charge on any atom is -0.493 e. The van der Waals surface area contributed by atoms with Crippen LogP contribution in [0.3, 0.4) is 0 Å². The zero-order chi connectivity index (χ0) is 34.2. The zero-order valence-electron chi connectivity index (χ0n) is 27.1. The van der Waals surface area contributed by atoms with E-state index in [1.54, 1.807) is 54.6 Å². The molecule has 246 valence electrons. The molecule has 1 heterocycles. The summed E-state index contributed by atoms with van der Waals surface area (Å²) in [5, 5.41) is 5.67. The first-order chi connectivity index (χ1) is 23.9. The Hall–Kier alpha value is -5.80. The first-order valence-electron chi connectivity index (χ1n) is 15.8. The van der Waals surface area contributed by atoms with Crippen LogP contribution in [0.2, 0.25) is 0 Å². The van der Waals surface area contributed by atoms with Gasteiger partial charge in [-0.15, -0.1) is 11.8 Å². The summed E-state index contributed by atoms with van der Waals surface area (Å²) in [5.74, 6) is 0.0724. The van der Waals surface area contributed by atoms with E-state index in [4.69, 9.17) is 9.47 Å². The van der Waals surface area contributed by atoms with E-state index in [-0.39, 0.29) is 17.4 Å². The lowest BCUT2D eigenvalue weighted by atomic mass is 10.0. The summed E-state index contributed by atoms with van der Waals surface area (Å²) in [4.78, 5) is 43.4. The van der Waals surface area contributed by atoms with E-state index in [2.05, 4.69) is 22.8 Å². The molecule has 5 aromatic rings. The maximum atomic E-state index is 13.9. The van der Waals surface area contributed by atoms with Gasteiger partial charge in [-0.3, -0.25) is 19.3 Å². The Morgan fingerprint density at radius 1 is 0.755 bits per heavy atom. The molecule has 1 aliphatic rings. The van der Waals surface area contributed by atoms with Crippen LogP contribution < -0.4 is 25.0 Å². The smallest absolute Gasteiger partial charge is 0.272 e. The van der Waals surface area contributed by atoms with Gasteiger partial charge in [0.25, 0.3) is 11.8 Å². The second kappa shape index (κ2) is 15.4. The number of hydrogen-bond acceptors (Lipinski definition) is 6. The molecule has 0 saturated heterocycles. The lowest BCUT2D eigenvalue weighted by Gasteiger charge is -2.25. The number of methoxy groups -OCH3 is 2. The SMILES string of the molecule is COc1cccc(/C=C(\NC(=O)c2ccccc2)C(=O)Nc2cccc(SCC(=O)N3c4ccccc4CCc4ccccc43)c2)c1OC. The van der Waals surface area contributed by atoms with Crippen molar-refractivity contribution in [3.05, 3.63) is 149 Å². The molecule has 0 aromatic heterocycles. The van der Waals surface area contributed by atoms with Gasteiger partial charge in [0.05, 0.1) is 31.3 Å². The largest absolute Gasteiger partial charge is 0.493 e. The van der Waals surface area contributed by atoms with Gasteiger partial charge in [-0.1, -0.05) is 72.8 Å². The number of para-hydroxylation sites is 3. The predicted molar refractivity (Wildman–Crippen MR) is 195 cm³/mol. The van der Waals surface area contributed by atoms with Crippen LogP contribution in [0.4, 0.5) is 17.1 Å². The van der Waals surface area contributed by atoms with Gasteiger partial charge in [-0.25, -0.2) is 0 Å². The topological polar surface area (TPSA) is 97.0 Å². The molecule has 0 bridgehead atoms. The van der Waals surface area contributed by atoms with E-state index in [0.29, 0.717) is 28.3 Å². The molecule has 8 nitrogen and oxygen atoms in total. The van der Waals surface area contributed by atoms with Crippen molar-refractivity contribution >= 4 is 52.6 Å². The Morgan fingerprint density at radius 3 is 2.08 bits per heavy atom. The molecule has 9 heteroatoms. The monoisotopic (exact) mass is 669 g/mol. The van der Waals surface area contributed by atoms with Crippen molar-refractivity contribution < 1.29 is 23.9 Å². The Morgan fingerprint density at radius 2 is 1.41 bits per heavy atom. The third-order valence-corrected chi connectivity index (χ3v) is 9.07. The second-order valence-corrected chi connectivity index (χ2v) is 12.3. The molecule has 0 aliphatic carbocycles. The summed E-state index contributed by atoms with van der Waals surface area (Å²) in [6.07, 6.45) is 3.27. The van der Waals surface area contributed by atoms with Crippen LogP contribution in [0.15, 0.2) is 132 Å². The number of rotatable bonds is 10. The van der Waals surface area contributed by atoms with Crippen LogP contribution in [-0.4, -0.2) is 37.7 Å². The predicted octanol–water partition coefficient (Wildman–Crippen LogP) is 7.67. The van der Waals surface area contributed by atoms with Crippen molar-refractivity contribution in [1.29, 1.82) is 0 Å². The molecule has 0 radical (unpaired) electrons. The number of hydrogen-bond donors (Lipinski definition) is 2. The van der Waals surface area contributed by atoms with Crippen molar-refractivity contribution in [2.45, 2.75) is 17.7 Å². The number of nitrogens with zero attached hydrogens (tertiary/aromatic N) is 1. The standard InChI is InChI=1S/C40H35N3O5S/c1-47-36-21-10-16-30(38(36)48-2)24-33(42-39(45)29-14-4-3-5-15-29)40(46)41-31-17-11-18-32(25-31)49-26-37(44)43-34-19-8-6-12-27(34)22-23-28-13-7-9-20-35(28)43/h3-21,24-25H,22-23,26H2,1-2H3,(H,41,46)(H,42,45)/b33-24-. The summed E-state index contributed by atoms with van der Waals surface area (Å²) in [5.41, 5.74) is 5.54. The molecular formula is C40H35N3O5S. The van der Waals surface area contributed by atoms with Gasteiger partial charge in [-0.05, 0) is 78.6 Å². The fourth-order valence-electron chi connectivity index (χ4n) is 5.74. The summed E-state index contributed by atoms with van der Waals surface area (Å²) >= 11 is 1.39. The average Bonchev–Trinajstić information content (AvgIpc) is 3.31. The molecule has 0 saturated carbocycles. The van der Waals surface area contributed by atoms with Crippen molar-refractivity contribution in [3.63, 3.8) is 0 Å². The van der Waals surface area contributed by atoms with Gasteiger partial charge in [0.15, 0.2) is 11.5 Å². The number of amides is 3. The summed E-state index contributed by atoms with van der Waals surface area (Å²) in [6, 6.07) is 37.3. The highest BCUT2D eigenvalue weighted by molar-refractivity contribution is 8.00. The molecule has 0 fully saturated rings. The lowest BCUT2D eigenvalue weighted by molar-refractivity contribution is -0.115. The van der Waals surface area contributed by atoms with Gasteiger partial charge in [0.1, 0.15) is 5.70 Å². The number of aryl methyl sites for hydroxylation is 2. The quantitative estimate of drug-likeness (QED) is 0.117. The number of carbonyl (C=O) groups excluding carboxylic acids is 3. The molecule has 49 heavy (non-hydrogen) atoms. The highest BCUT2D eigenvalue weighted by Crippen LogP contribution is 2.37. The van der Waals surface area contributed by atoms with Crippen LogP contribution in [0.1, 0.15) is 27.0 Å². The molecule has 5 aromatic carbocycles. The molecule has 3 amide bonds. The number of ether oxygens (including phenoxy) is 2. The third-order valence-electron chi connectivity index (χ3n) is 8.09.